The second-order valence-electron chi connectivity index (χ2n) is 11.6. The summed E-state index contributed by atoms with van der Waals surface area (Å²) < 4.78 is 5.17. The van der Waals surface area contributed by atoms with Gasteiger partial charge in [-0.2, -0.15) is 0 Å². The van der Waals surface area contributed by atoms with Crippen molar-refractivity contribution >= 4 is 12.1 Å². The summed E-state index contributed by atoms with van der Waals surface area (Å²) in [5.41, 5.74) is 1.80. The van der Waals surface area contributed by atoms with E-state index >= 15 is 0 Å². The second kappa shape index (κ2) is 17.6. The molecule has 1 rings (SSSR count). The number of nitrogens with one attached hydrogen (secondary N) is 1. The Labute approximate surface area is 230 Å². The zero-order chi connectivity index (χ0) is 29.4. The molecular formula is C32H51NO5. The molecule has 3 N–H and O–H groups in total. The molecule has 1 amide bonds. The first kappa shape index (κ1) is 35.1. The van der Waals surface area contributed by atoms with Gasteiger partial charge >= 0.3 is 12.1 Å². The predicted molar refractivity (Wildman–Crippen MR) is 158 cm³/mol. The number of aliphatic hydroxyl groups excluding tert-OH is 1. The van der Waals surface area contributed by atoms with Crippen molar-refractivity contribution in [1.29, 1.82) is 0 Å². The molecule has 6 heteroatoms. The quantitative estimate of drug-likeness (QED) is 0.145. The highest BCUT2D eigenvalue weighted by Crippen LogP contribution is 2.33. The lowest BCUT2D eigenvalue weighted by Crippen LogP contribution is -2.43. The molecule has 1 aliphatic carbocycles. The molecule has 38 heavy (non-hydrogen) atoms. The minimum Gasteiger partial charge on any atom is -0.478 e. The topological polar surface area (TPSA) is 95.9 Å². The van der Waals surface area contributed by atoms with Crippen molar-refractivity contribution in [3.05, 3.63) is 72.4 Å². The predicted octanol–water partition coefficient (Wildman–Crippen LogP) is 7.69. The average molecular weight is 530 g/mol. The Morgan fingerprint density at radius 2 is 1.79 bits per heavy atom. The number of rotatable bonds is 11. The number of amides is 1. The fourth-order valence-corrected chi connectivity index (χ4v) is 3.51. The summed E-state index contributed by atoms with van der Waals surface area (Å²) in [5, 5.41) is 21.2. The number of hydrogen-bond donors (Lipinski definition) is 3. The highest BCUT2D eigenvalue weighted by atomic mass is 16.6. The van der Waals surface area contributed by atoms with Crippen LogP contribution in [-0.4, -0.2) is 40.0 Å². The Kier molecular flexibility index (Phi) is 16.3. The molecule has 0 aromatic carbocycles. The lowest BCUT2D eigenvalue weighted by atomic mass is 9.78. The Morgan fingerprint density at radius 3 is 2.32 bits per heavy atom. The van der Waals surface area contributed by atoms with E-state index in [1.165, 1.54) is 6.42 Å². The van der Waals surface area contributed by atoms with Crippen molar-refractivity contribution in [3.63, 3.8) is 0 Å². The van der Waals surface area contributed by atoms with Gasteiger partial charge in [-0.15, -0.1) is 0 Å². The van der Waals surface area contributed by atoms with Gasteiger partial charge in [-0.05, 0) is 85.0 Å². The van der Waals surface area contributed by atoms with E-state index in [1.807, 2.05) is 46.8 Å². The van der Waals surface area contributed by atoms with Crippen LogP contribution in [0.3, 0.4) is 0 Å². The fraction of sp³-hybridized carbons (Fsp3) is 0.562. The Bertz CT molecular complexity index is 903. The molecule has 0 radical (unpaired) electrons. The standard InChI is InChI=1S/C17H31NO3.C15H20O2/c1-12(2)8-9-13(3)10-11-15(19)14(4)18-16(20)21-17(5,6)7;1-13(7-6-8-14(16)17)9-12-15(2)10-4-3-5-11-15/h8-9,13-15,19H,1,10-11H2,2-7H3,(H,18,20);3-4,6-9,12H,5,10-11H2,1-2H3,(H,16,17)/b9-8+;8-6+,12-9+,13-7-/t;15-/m.0/s1. The number of carboxylic acids is 1. The van der Waals surface area contributed by atoms with Crippen LogP contribution in [0.1, 0.15) is 87.5 Å². The van der Waals surface area contributed by atoms with Gasteiger partial charge < -0.3 is 20.3 Å². The maximum absolute atomic E-state index is 11.6. The van der Waals surface area contributed by atoms with Gasteiger partial charge in [0, 0.05) is 6.08 Å². The first-order chi connectivity index (χ1) is 17.5. The van der Waals surface area contributed by atoms with Crippen LogP contribution in [0.4, 0.5) is 4.79 Å². The van der Waals surface area contributed by atoms with Crippen molar-refractivity contribution in [3.8, 4) is 0 Å². The molecule has 6 nitrogen and oxygen atoms in total. The normalized spacial score (nSPS) is 20.6. The van der Waals surface area contributed by atoms with Crippen LogP contribution >= 0.6 is 0 Å². The molecule has 0 aromatic heterocycles. The molecule has 214 valence electrons. The lowest BCUT2D eigenvalue weighted by Gasteiger charge is -2.26. The summed E-state index contributed by atoms with van der Waals surface area (Å²) in [6.07, 6.45) is 21.2. The summed E-state index contributed by atoms with van der Waals surface area (Å²) in [6.45, 7) is 19.3. The van der Waals surface area contributed by atoms with Crippen molar-refractivity contribution in [2.45, 2.75) is 105 Å². The first-order valence-corrected chi connectivity index (χ1v) is 13.5. The molecular weight excluding hydrogens is 478 g/mol. The molecule has 0 aliphatic heterocycles. The maximum Gasteiger partial charge on any atom is 0.407 e. The smallest absolute Gasteiger partial charge is 0.407 e. The van der Waals surface area contributed by atoms with Crippen molar-refractivity contribution in [2.75, 3.05) is 0 Å². The highest BCUT2D eigenvalue weighted by Gasteiger charge is 2.22. The van der Waals surface area contributed by atoms with Gasteiger partial charge in [0.15, 0.2) is 0 Å². The Morgan fingerprint density at radius 1 is 1.13 bits per heavy atom. The third-order valence-corrected chi connectivity index (χ3v) is 5.93. The molecule has 0 aromatic rings. The van der Waals surface area contributed by atoms with Crippen molar-refractivity contribution in [1.82, 2.24) is 5.32 Å². The van der Waals surface area contributed by atoms with Gasteiger partial charge in [0.25, 0.3) is 0 Å². The molecule has 1 aliphatic rings. The highest BCUT2D eigenvalue weighted by molar-refractivity contribution is 5.80. The first-order valence-electron chi connectivity index (χ1n) is 13.5. The number of carboxylic acid groups (broad SMARTS) is 1. The van der Waals surface area contributed by atoms with Gasteiger partial charge in [0.1, 0.15) is 5.60 Å². The number of aliphatic hydroxyl groups is 1. The van der Waals surface area contributed by atoms with Crippen LogP contribution in [0, 0.1) is 11.3 Å². The van der Waals surface area contributed by atoms with E-state index in [1.54, 1.807) is 13.0 Å². The van der Waals surface area contributed by atoms with Gasteiger partial charge in [-0.3, -0.25) is 0 Å². The fourth-order valence-electron chi connectivity index (χ4n) is 3.51. The van der Waals surface area contributed by atoms with Crippen LogP contribution in [-0.2, 0) is 9.53 Å². The minimum absolute atomic E-state index is 0.250. The van der Waals surface area contributed by atoms with Crippen LogP contribution < -0.4 is 5.32 Å². The molecule has 0 saturated carbocycles. The summed E-state index contributed by atoms with van der Waals surface area (Å²) in [6, 6.07) is -0.336. The van der Waals surface area contributed by atoms with E-state index < -0.39 is 23.8 Å². The van der Waals surface area contributed by atoms with Crippen LogP contribution in [0.25, 0.3) is 0 Å². The number of aliphatic carboxylic acids is 1. The van der Waals surface area contributed by atoms with Crippen LogP contribution in [0.5, 0.6) is 0 Å². The molecule has 4 atom stereocenters. The number of carbonyl (C=O) groups excluding carboxylic acids is 1. The third-order valence-electron chi connectivity index (χ3n) is 5.93. The van der Waals surface area contributed by atoms with E-state index in [0.29, 0.717) is 12.3 Å². The molecule has 0 heterocycles. The van der Waals surface area contributed by atoms with E-state index in [9.17, 15) is 14.7 Å². The van der Waals surface area contributed by atoms with E-state index in [0.717, 1.165) is 36.5 Å². The third kappa shape index (κ3) is 19.3. The van der Waals surface area contributed by atoms with E-state index in [4.69, 9.17) is 9.84 Å². The zero-order valence-electron chi connectivity index (χ0n) is 24.8. The van der Waals surface area contributed by atoms with E-state index in [-0.39, 0.29) is 11.5 Å². The number of ether oxygens (including phenoxy) is 1. The van der Waals surface area contributed by atoms with Gasteiger partial charge in [-0.1, -0.05) is 80.2 Å². The van der Waals surface area contributed by atoms with Crippen molar-refractivity contribution in [2.24, 2.45) is 11.3 Å². The molecule has 3 unspecified atom stereocenters. The number of allylic oxidation sites excluding steroid dienone is 10. The van der Waals surface area contributed by atoms with E-state index in [2.05, 4.69) is 56.1 Å². The largest absolute Gasteiger partial charge is 0.478 e. The van der Waals surface area contributed by atoms with Gasteiger partial charge in [0.2, 0.25) is 0 Å². The summed E-state index contributed by atoms with van der Waals surface area (Å²) in [4.78, 5) is 21.9. The molecule has 0 saturated heterocycles. The lowest BCUT2D eigenvalue weighted by molar-refractivity contribution is -0.131. The number of alkyl carbamates (subject to hydrolysis) is 1. The van der Waals surface area contributed by atoms with Gasteiger partial charge in [-0.25, -0.2) is 9.59 Å². The van der Waals surface area contributed by atoms with Crippen LogP contribution in [0.2, 0.25) is 0 Å². The minimum atomic E-state index is -0.914. The Hall–Kier alpha value is -2.86. The second-order valence-corrected chi connectivity index (χ2v) is 11.6. The molecule has 0 fully saturated rings. The summed E-state index contributed by atoms with van der Waals surface area (Å²) in [7, 11) is 0. The van der Waals surface area contributed by atoms with Crippen molar-refractivity contribution < 1.29 is 24.5 Å². The molecule has 0 bridgehead atoms. The van der Waals surface area contributed by atoms with Crippen LogP contribution in [0.15, 0.2) is 72.4 Å². The average Bonchev–Trinajstić information content (AvgIpc) is 2.79. The monoisotopic (exact) mass is 529 g/mol. The Balaban J connectivity index is 0.000000735. The molecule has 0 spiro atoms. The summed E-state index contributed by atoms with van der Waals surface area (Å²) in [5.74, 6) is -0.549. The SMILES string of the molecule is C=C(C)/C=C/C(C)CCC(O)C(C)NC(=O)OC(C)(C)C.CC(=C/C=C/C(=O)O)/C=C/[C@@]1(C)CC=CCC1. The number of carbonyl (C=O) groups is 2. The maximum atomic E-state index is 11.6. The summed E-state index contributed by atoms with van der Waals surface area (Å²) >= 11 is 0. The number of hydrogen-bond acceptors (Lipinski definition) is 4. The zero-order valence-corrected chi connectivity index (χ0v) is 24.8. The van der Waals surface area contributed by atoms with Gasteiger partial charge in [0.05, 0.1) is 12.1 Å².